The second kappa shape index (κ2) is 7.78. The van der Waals surface area contributed by atoms with E-state index in [0.29, 0.717) is 13.1 Å². The van der Waals surface area contributed by atoms with Gasteiger partial charge in [0, 0.05) is 17.6 Å². The van der Waals surface area contributed by atoms with Gasteiger partial charge in [0.25, 0.3) is 0 Å². The number of nitrogens with one attached hydrogen (secondary N) is 1. The second-order valence-corrected chi connectivity index (χ2v) is 5.02. The average Bonchev–Trinajstić information content (AvgIpc) is 2.35. The lowest BCUT2D eigenvalue weighted by molar-refractivity contribution is -0.137. The molecular formula is C13H17BrN2O3. The van der Waals surface area contributed by atoms with Crippen LogP contribution >= 0.6 is 15.9 Å². The van der Waals surface area contributed by atoms with Gasteiger partial charge in [0.2, 0.25) is 0 Å². The van der Waals surface area contributed by atoms with E-state index in [9.17, 15) is 9.59 Å². The molecule has 0 atom stereocenters. The molecule has 0 fully saturated rings. The van der Waals surface area contributed by atoms with Gasteiger partial charge in [-0.15, -0.1) is 0 Å². The highest BCUT2D eigenvalue weighted by Crippen LogP contribution is 2.11. The molecule has 0 bridgehead atoms. The van der Waals surface area contributed by atoms with Crippen molar-refractivity contribution in [2.75, 3.05) is 13.1 Å². The zero-order valence-electron chi connectivity index (χ0n) is 10.7. The lowest BCUT2D eigenvalue weighted by atomic mass is 10.2. The Morgan fingerprint density at radius 3 is 2.74 bits per heavy atom. The number of carboxylic acid groups (broad SMARTS) is 1. The quantitative estimate of drug-likeness (QED) is 0.842. The molecule has 2 amide bonds. The van der Waals surface area contributed by atoms with Gasteiger partial charge in [0.15, 0.2) is 0 Å². The number of benzene rings is 1. The van der Waals surface area contributed by atoms with Crippen molar-refractivity contribution in [3.05, 3.63) is 34.3 Å². The second-order valence-electron chi connectivity index (χ2n) is 4.10. The number of carboxylic acids is 1. The third-order valence-corrected chi connectivity index (χ3v) is 2.93. The van der Waals surface area contributed by atoms with Crippen LogP contribution in [0.4, 0.5) is 4.79 Å². The van der Waals surface area contributed by atoms with E-state index in [1.54, 1.807) is 0 Å². The highest BCUT2D eigenvalue weighted by molar-refractivity contribution is 9.10. The molecule has 0 saturated carbocycles. The van der Waals surface area contributed by atoms with Crippen molar-refractivity contribution < 1.29 is 14.7 Å². The number of nitrogens with zero attached hydrogens (tertiary/aromatic N) is 1. The number of urea groups is 1. The molecule has 19 heavy (non-hydrogen) atoms. The number of rotatable bonds is 6. The van der Waals surface area contributed by atoms with E-state index in [1.807, 2.05) is 31.2 Å². The zero-order valence-corrected chi connectivity index (χ0v) is 12.3. The summed E-state index contributed by atoms with van der Waals surface area (Å²) in [5.74, 6) is -1.01. The van der Waals surface area contributed by atoms with Crippen LogP contribution in [0.1, 0.15) is 18.9 Å². The minimum absolute atomic E-state index is 0.280. The van der Waals surface area contributed by atoms with Crippen LogP contribution in [0.25, 0.3) is 0 Å². The zero-order chi connectivity index (χ0) is 14.3. The molecule has 1 aromatic rings. The van der Waals surface area contributed by atoms with E-state index in [1.165, 1.54) is 4.90 Å². The standard InChI is InChI=1S/C13H17BrN2O3/c1-2-6-16(9-12(17)18)13(19)15-8-10-4-3-5-11(14)7-10/h3-5,7H,2,6,8-9H2,1H3,(H,15,19)(H,17,18). The minimum atomic E-state index is -1.01. The predicted molar refractivity (Wildman–Crippen MR) is 75.9 cm³/mol. The largest absolute Gasteiger partial charge is 0.480 e. The van der Waals surface area contributed by atoms with Crippen molar-refractivity contribution in [2.45, 2.75) is 19.9 Å². The van der Waals surface area contributed by atoms with Gasteiger partial charge in [0.1, 0.15) is 6.54 Å². The molecule has 0 aromatic heterocycles. The van der Waals surface area contributed by atoms with E-state index in [0.717, 1.165) is 16.5 Å². The van der Waals surface area contributed by atoms with Gasteiger partial charge >= 0.3 is 12.0 Å². The molecule has 0 spiro atoms. The summed E-state index contributed by atoms with van der Waals surface area (Å²) in [6, 6.07) is 7.23. The predicted octanol–water partition coefficient (Wildman–Crippen LogP) is 2.46. The first-order chi connectivity index (χ1) is 9.02. The SMILES string of the molecule is CCCN(CC(=O)O)C(=O)NCc1cccc(Br)c1. The van der Waals surface area contributed by atoms with Gasteiger partial charge in [-0.25, -0.2) is 4.79 Å². The van der Waals surface area contributed by atoms with Crippen molar-refractivity contribution in [3.63, 3.8) is 0 Å². The highest BCUT2D eigenvalue weighted by atomic mass is 79.9. The third kappa shape index (κ3) is 5.74. The fourth-order valence-corrected chi connectivity index (χ4v) is 2.07. The Morgan fingerprint density at radius 1 is 1.42 bits per heavy atom. The minimum Gasteiger partial charge on any atom is -0.480 e. The maximum absolute atomic E-state index is 11.9. The third-order valence-electron chi connectivity index (χ3n) is 2.44. The molecule has 2 N–H and O–H groups in total. The molecule has 1 aromatic carbocycles. The van der Waals surface area contributed by atoms with Crippen molar-refractivity contribution in [2.24, 2.45) is 0 Å². The van der Waals surface area contributed by atoms with Crippen molar-refractivity contribution in [1.29, 1.82) is 0 Å². The van der Waals surface area contributed by atoms with E-state index in [2.05, 4.69) is 21.2 Å². The van der Waals surface area contributed by atoms with Crippen LogP contribution in [0.5, 0.6) is 0 Å². The summed E-state index contributed by atoms with van der Waals surface area (Å²) < 4.78 is 0.940. The fraction of sp³-hybridized carbons (Fsp3) is 0.385. The van der Waals surface area contributed by atoms with Gasteiger partial charge in [-0.05, 0) is 24.1 Å². The van der Waals surface area contributed by atoms with Crippen molar-refractivity contribution >= 4 is 27.9 Å². The molecule has 0 radical (unpaired) electrons. The van der Waals surface area contributed by atoms with Crippen LogP contribution in [-0.4, -0.2) is 35.1 Å². The monoisotopic (exact) mass is 328 g/mol. The summed E-state index contributed by atoms with van der Waals surface area (Å²) in [6.07, 6.45) is 0.720. The van der Waals surface area contributed by atoms with Crippen LogP contribution in [0.2, 0.25) is 0 Å². The number of aliphatic carboxylic acids is 1. The first-order valence-electron chi connectivity index (χ1n) is 6.02. The molecule has 1 rings (SSSR count). The molecule has 0 saturated heterocycles. The Morgan fingerprint density at radius 2 is 2.16 bits per heavy atom. The summed E-state index contributed by atoms with van der Waals surface area (Å²) >= 11 is 3.35. The number of carbonyl (C=O) groups excluding carboxylic acids is 1. The molecule has 0 unspecified atom stereocenters. The van der Waals surface area contributed by atoms with Gasteiger partial charge in [-0.1, -0.05) is 35.0 Å². The molecule has 0 aliphatic carbocycles. The summed E-state index contributed by atoms with van der Waals surface area (Å²) in [4.78, 5) is 23.8. The number of halogens is 1. The van der Waals surface area contributed by atoms with Gasteiger partial charge in [0.05, 0.1) is 0 Å². The maximum atomic E-state index is 11.9. The molecule has 5 nitrogen and oxygen atoms in total. The number of hydrogen-bond acceptors (Lipinski definition) is 2. The van der Waals surface area contributed by atoms with Crippen LogP contribution in [0.15, 0.2) is 28.7 Å². The van der Waals surface area contributed by atoms with Crippen LogP contribution in [-0.2, 0) is 11.3 Å². The number of hydrogen-bond donors (Lipinski definition) is 2. The Hall–Kier alpha value is -1.56. The van der Waals surface area contributed by atoms with E-state index < -0.39 is 5.97 Å². The smallest absolute Gasteiger partial charge is 0.323 e. The molecule has 0 aliphatic rings. The number of amides is 2. The summed E-state index contributed by atoms with van der Waals surface area (Å²) in [6.45, 7) is 2.42. The lowest BCUT2D eigenvalue weighted by Gasteiger charge is -2.20. The summed E-state index contributed by atoms with van der Waals surface area (Å²) in [5.41, 5.74) is 0.953. The molecule has 6 heteroatoms. The molecule has 0 aliphatic heterocycles. The van der Waals surface area contributed by atoms with Crippen molar-refractivity contribution in [3.8, 4) is 0 Å². The highest BCUT2D eigenvalue weighted by Gasteiger charge is 2.15. The van der Waals surface area contributed by atoms with Crippen molar-refractivity contribution in [1.82, 2.24) is 10.2 Å². The number of carbonyl (C=O) groups is 2. The van der Waals surface area contributed by atoms with E-state index in [4.69, 9.17) is 5.11 Å². The van der Waals surface area contributed by atoms with Crippen LogP contribution in [0.3, 0.4) is 0 Å². The topological polar surface area (TPSA) is 69.6 Å². The Balaban J connectivity index is 2.54. The Labute approximate surface area is 120 Å². The summed E-state index contributed by atoms with van der Waals surface area (Å²) in [7, 11) is 0. The summed E-state index contributed by atoms with van der Waals surface area (Å²) in [5, 5.41) is 11.5. The molecular weight excluding hydrogens is 312 g/mol. The van der Waals surface area contributed by atoms with Gasteiger partial charge in [-0.2, -0.15) is 0 Å². The Kier molecular flexibility index (Phi) is 6.35. The Bertz CT molecular complexity index is 451. The first-order valence-corrected chi connectivity index (χ1v) is 6.81. The lowest BCUT2D eigenvalue weighted by Crippen LogP contribution is -2.42. The van der Waals surface area contributed by atoms with E-state index in [-0.39, 0.29) is 12.6 Å². The first kappa shape index (κ1) is 15.5. The molecule has 0 heterocycles. The van der Waals surface area contributed by atoms with Gasteiger partial charge < -0.3 is 15.3 Å². The van der Waals surface area contributed by atoms with Crippen LogP contribution in [0, 0.1) is 0 Å². The van der Waals surface area contributed by atoms with E-state index >= 15 is 0 Å². The van der Waals surface area contributed by atoms with Crippen LogP contribution < -0.4 is 5.32 Å². The van der Waals surface area contributed by atoms with Gasteiger partial charge in [-0.3, -0.25) is 4.79 Å². The fourth-order valence-electron chi connectivity index (χ4n) is 1.62. The normalized spacial score (nSPS) is 10.0. The molecule has 104 valence electrons. The average molecular weight is 329 g/mol. The maximum Gasteiger partial charge on any atom is 0.323 e.